The maximum atomic E-state index is 9.96. The van der Waals surface area contributed by atoms with Crippen LogP contribution in [0.25, 0.3) is 0 Å². The second-order valence-electron chi connectivity index (χ2n) is 2.76. The molecule has 0 saturated heterocycles. The van der Waals surface area contributed by atoms with Crippen LogP contribution in [0.4, 0.5) is 0 Å². The summed E-state index contributed by atoms with van der Waals surface area (Å²) in [5.74, 6) is 0. The summed E-state index contributed by atoms with van der Waals surface area (Å²) in [4.78, 5) is 4.09. The smallest absolute Gasteiger partial charge is 0.102 e. The lowest BCUT2D eigenvalue weighted by Crippen LogP contribution is -2.36. The third-order valence-corrected chi connectivity index (χ3v) is 2.31. The number of aliphatic hydroxyl groups is 1. The maximum Gasteiger partial charge on any atom is 0.102 e. The molecule has 0 aromatic carbocycles. The van der Waals surface area contributed by atoms with Crippen LogP contribution in [0.5, 0.6) is 0 Å². The van der Waals surface area contributed by atoms with E-state index in [9.17, 15) is 5.11 Å². The number of nitrogens with zero attached hydrogens (tertiary/aromatic N) is 1. The third kappa shape index (κ3) is 2.29. The van der Waals surface area contributed by atoms with Crippen LogP contribution in [0.1, 0.15) is 40.0 Å². The SMILES string of the molecule is CCC(=NC)C(O)(CC)CC. The molecule has 2 nitrogen and oxygen atoms in total. The fourth-order valence-corrected chi connectivity index (χ4v) is 1.35. The first-order valence-electron chi connectivity index (χ1n) is 4.33. The van der Waals surface area contributed by atoms with E-state index in [0.717, 1.165) is 25.0 Å². The minimum Gasteiger partial charge on any atom is -0.384 e. The van der Waals surface area contributed by atoms with Gasteiger partial charge in [-0.2, -0.15) is 0 Å². The van der Waals surface area contributed by atoms with Crippen LogP contribution in [-0.4, -0.2) is 23.5 Å². The van der Waals surface area contributed by atoms with Gasteiger partial charge >= 0.3 is 0 Å². The highest BCUT2D eigenvalue weighted by atomic mass is 16.3. The molecule has 2 heteroatoms. The third-order valence-electron chi connectivity index (χ3n) is 2.31. The number of aliphatic imine (C=N–C) groups is 1. The Morgan fingerprint density at radius 3 is 1.82 bits per heavy atom. The van der Waals surface area contributed by atoms with Crippen molar-refractivity contribution in [2.75, 3.05) is 7.05 Å². The van der Waals surface area contributed by atoms with Crippen molar-refractivity contribution in [3.63, 3.8) is 0 Å². The Morgan fingerprint density at radius 2 is 1.73 bits per heavy atom. The molecule has 0 aromatic rings. The zero-order valence-corrected chi connectivity index (χ0v) is 8.02. The maximum absolute atomic E-state index is 9.96. The summed E-state index contributed by atoms with van der Waals surface area (Å²) < 4.78 is 0. The predicted molar refractivity (Wildman–Crippen MR) is 49.2 cm³/mol. The summed E-state index contributed by atoms with van der Waals surface area (Å²) >= 11 is 0. The van der Waals surface area contributed by atoms with E-state index < -0.39 is 5.60 Å². The molecule has 0 radical (unpaired) electrons. The first-order valence-corrected chi connectivity index (χ1v) is 4.33. The molecule has 0 atom stereocenters. The second kappa shape index (κ2) is 4.50. The lowest BCUT2D eigenvalue weighted by atomic mass is 9.90. The van der Waals surface area contributed by atoms with Gasteiger partial charge in [-0.15, -0.1) is 0 Å². The molecule has 11 heavy (non-hydrogen) atoms. The largest absolute Gasteiger partial charge is 0.384 e. The Balaban J connectivity index is 4.46. The van der Waals surface area contributed by atoms with E-state index >= 15 is 0 Å². The molecule has 0 fully saturated rings. The summed E-state index contributed by atoms with van der Waals surface area (Å²) in [5, 5.41) is 9.96. The average Bonchev–Trinajstić information content (AvgIpc) is 2.06. The van der Waals surface area contributed by atoms with Gasteiger partial charge in [0.2, 0.25) is 0 Å². The molecule has 0 amide bonds. The zero-order valence-electron chi connectivity index (χ0n) is 8.02. The van der Waals surface area contributed by atoms with Crippen molar-refractivity contribution >= 4 is 5.71 Å². The molecule has 1 N–H and O–H groups in total. The van der Waals surface area contributed by atoms with Crippen molar-refractivity contribution in [2.24, 2.45) is 4.99 Å². The molecule has 0 aliphatic carbocycles. The lowest BCUT2D eigenvalue weighted by Gasteiger charge is -2.26. The van der Waals surface area contributed by atoms with Crippen LogP contribution >= 0.6 is 0 Å². The molecular weight excluding hydrogens is 138 g/mol. The highest BCUT2D eigenvalue weighted by molar-refractivity contribution is 5.91. The van der Waals surface area contributed by atoms with E-state index in [1.54, 1.807) is 7.05 Å². The van der Waals surface area contributed by atoms with Gasteiger partial charge in [-0.05, 0) is 19.3 Å². The minimum absolute atomic E-state index is 0.649. The van der Waals surface area contributed by atoms with Crippen molar-refractivity contribution in [1.82, 2.24) is 0 Å². The highest BCUT2D eigenvalue weighted by Crippen LogP contribution is 2.18. The summed E-state index contributed by atoms with van der Waals surface area (Å²) in [6.45, 7) is 6.01. The van der Waals surface area contributed by atoms with Crippen molar-refractivity contribution in [3.8, 4) is 0 Å². The van der Waals surface area contributed by atoms with E-state index in [2.05, 4.69) is 4.99 Å². The lowest BCUT2D eigenvalue weighted by molar-refractivity contribution is 0.101. The highest BCUT2D eigenvalue weighted by Gasteiger charge is 2.26. The Morgan fingerprint density at radius 1 is 1.27 bits per heavy atom. The molecule has 0 heterocycles. The quantitative estimate of drug-likeness (QED) is 0.622. The molecule has 0 rings (SSSR count). The van der Waals surface area contributed by atoms with Crippen molar-refractivity contribution < 1.29 is 5.11 Å². The van der Waals surface area contributed by atoms with Crippen LogP contribution in [0.2, 0.25) is 0 Å². The van der Waals surface area contributed by atoms with Crippen LogP contribution in [-0.2, 0) is 0 Å². The van der Waals surface area contributed by atoms with E-state index in [-0.39, 0.29) is 0 Å². The van der Waals surface area contributed by atoms with Gasteiger partial charge in [0.05, 0.1) is 0 Å². The Kier molecular flexibility index (Phi) is 4.34. The van der Waals surface area contributed by atoms with Crippen LogP contribution < -0.4 is 0 Å². The van der Waals surface area contributed by atoms with Crippen LogP contribution in [0, 0.1) is 0 Å². The monoisotopic (exact) mass is 157 g/mol. The van der Waals surface area contributed by atoms with E-state index in [0.29, 0.717) is 0 Å². The van der Waals surface area contributed by atoms with Gasteiger partial charge in [-0.3, -0.25) is 4.99 Å². The first-order chi connectivity index (χ1) is 5.14. The molecule has 0 spiro atoms. The molecule has 0 saturated carbocycles. The van der Waals surface area contributed by atoms with Crippen molar-refractivity contribution in [3.05, 3.63) is 0 Å². The Bertz CT molecular complexity index is 136. The average molecular weight is 157 g/mol. The Labute approximate surface area is 69.3 Å². The van der Waals surface area contributed by atoms with Gasteiger partial charge < -0.3 is 5.11 Å². The molecule has 0 aliphatic rings. The fraction of sp³-hybridized carbons (Fsp3) is 0.889. The normalized spacial score (nSPS) is 13.7. The molecule has 0 aromatic heterocycles. The zero-order chi connectivity index (χ0) is 8.91. The summed E-state index contributed by atoms with van der Waals surface area (Å²) in [6, 6.07) is 0. The fourth-order valence-electron chi connectivity index (χ4n) is 1.35. The topological polar surface area (TPSA) is 32.6 Å². The number of hydrogen-bond acceptors (Lipinski definition) is 2. The molecular formula is C9H19NO. The van der Waals surface area contributed by atoms with Gasteiger partial charge in [-0.25, -0.2) is 0 Å². The molecule has 0 aliphatic heterocycles. The molecule has 0 bridgehead atoms. The number of rotatable bonds is 4. The van der Waals surface area contributed by atoms with Crippen LogP contribution in [0.15, 0.2) is 4.99 Å². The van der Waals surface area contributed by atoms with Gasteiger partial charge in [0.15, 0.2) is 0 Å². The Hall–Kier alpha value is -0.370. The first kappa shape index (κ1) is 10.6. The van der Waals surface area contributed by atoms with Crippen LogP contribution in [0.3, 0.4) is 0 Å². The second-order valence-corrected chi connectivity index (χ2v) is 2.76. The van der Waals surface area contributed by atoms with Crippen molar-refractivity contribution in [2.45, 2.75) is 45.6 Å². The van der Waals surface area contributed by atoms with E-state index in [4.69, 9.17) is 0 Å². The van der Waals surface area contributed by atoms with E-state index in [1.807, 2.05) is 20.8 Å². The van der Waals surface area contributed by atoms with Gasteiger partial charge in [-0.1, -0.05) is 20.8 Å². The summed E-state index contributed by atoms with van der Waals surface area (Å²) in [6.07, 6.45) is 2.35. The van der Waals surface area contributed by atoms with Gasteiger partial charge in [0, 0.05) is 12.8 Å². The van der Waals surface area contributed by atoms with Gasteiger partial charge in [0.1, 0.15) is 5.60 Å². The standard InChI is InChI=1S/C9H19NO/c1-5-8(10-4)9(11,6-2)7-3/h11H,5-7H2,1-4H3. The predicted octanol–water partition coefficient (Wildman–Crippen LogP) is 2.02. The van der Waals surface area contributed by atoms with Crippen molar-refractivity contribution in [1.29, 1.82) is 0 Å². The summed E-state index contributed by atoms with van der Waals surface area (Å²) in [5.41, 5.74) is 0.270. The number of hydrogen-bond donors (Lipinski definition) is 1. The van der Waals surface area contributed by atoms with Gasteiger partial charge in [0.25, 0.3) is 0 Å². The van der Waals surface area contributed by atoms with E-state index in [1.165, 1.54) is 0 Å². The minimum atomic E-state index is -0.649. The molecule has 0 unspecified atom stereocenters. The molecule has 66 valence electrons. The summed E-state index contributed by atoms with van der Waals surface area (Å²) in [7, 11) is 1.75.